The van der Waals surface area contributed by atoms with E-state index in [1.54, 1.807) is 0 Å². The Balaban J connectivity index is 2.56. The molecule has 0 aliphatic heterocycles. The smallest absolute Gasteiger partial charge is 0.342 e. The summed E-state index contributed by atoms with van der Waals surface area (Å²) in [4.78, 5) is 17.0. The van der Waals surface area contributed by atoms with Gasteiger partial charge in [-0.05, 0) is 18.9 Å². The van der Waals surface area contributed by atoms with E-state index < -0.39 is 72.7 Å². The van der Waals surface area contributed by atoms with Gasteiger partial charge >= 0.3 is 18.5 Å². The third-order valence-corrected chi connectivity index (χ3v) is 3.99. The summed E-state index contributed by atoms with van der Waals surface area (Å²) in [6.07, 6.45) is -14.8. The van der Waals surface area contributed by atoms with Gasteiger partial charge in [-0.1, -0.05) is 13.8 Å². The number of alkyl halides is 9. The molecule has 2 N–H and O–H groups in total. The van der Waals surface area contributed by atoms with Crippen LogP contribution in [0.3, 0.4) is 0 Å². The van der Waals surface area contributed by atoms with Crippen LogP contribution >= 0.6 is 0 Å². The Bertz CT molecular complexity index is 870. The van der Waals surface area contributed by atoms with Crippen LogP contribution in [0.25, 0.3) is 11.5 Å². The largest absolute Gasteiger partial charge is 0.451 e. The standard InChI is InChI=1S/C16H16F9N7/c1-3-8(14(17,18)19)28-12-30-10(7-5-6-26-11(27-7)16(23,24)25)31-13(32-12)29-9(4-2)15(20,21)22/h5-6,8-9H,3-4H2,1-2H3,(H2,28,29,30,31,32). The van der Waals surface area contributed by atoms with Gasteiger partial charge in [-0.2, -0.15) is 54.5 Å². The molecule has 32 heavy (non-hydrogen) atoms. The van der Waals surface area contributed by atoms with Crippen molar-refractivity contribution in [2.75, 3.05) is 10.6 Å². The van der Waals surface area contributed by atoms with Gasteiger partial charge in [0.1, 0.15) is 17.8 Å². The van der Waals surface area contributed by atoms with Crippen molar-refractivity contribution in [1.82, 2.24) is 24.9 Å². The molecule has 0 bridgehead atoms. The Morgan fingerprint density at radius 2 is 1.22 bits per heavy atom. The minimum atomic E-state index is -4.96. The van der Waals surface area contributed by atoms with Gasteiger partial charge in [0.05, 0.1) is 0 Å². The Kier molecular flexibility index (Phi) is 7.34. The van der Waals surface area contributed by atoms with E-state index in [9.17, 15) is 39.5 Å². The maximum Gasteiger partial charge on any atom is 0.451 e. The van der Waals surface area contributed by atoms with E-state index in [1.165, 1.54) is 13.8 Å². The van der Waals surface area contributed by atoms with Gasteiger partial charge in [-0.15, -0.1) is 0 Å². The maximum absolute atomic E-state index is 13.1. The lowest BCUT2D eigenvalue weighted by Crippen LogP contribution is -2.37. The van der Waals surface area contributed by atoms with Crippen molar-refractivity contribution in [3.63, 3.8) is 0 Å². The van der Waals surface area contributed by atoms with Crippen LogP contribution in [0.5, 0.6) is 0 Å². The van der Waals surface area contributed by atoms with Crippen molar-refractivity contribution in [3.05, 3.63) is 18.1 Å². The number of anilines is 2. The minimum Gasteiger partial charge on any atom is -0.342 e. The first kappa shape index (κ1) is 25.3. The molecule has 0 spiro atoms. The molecular formula is C16H16F9N7. The SMILES string of the molecule is CCC(Nc1nc(NC(CC)C(F)(F)F)nc(-c2ccnc(C(F)(F)F)n2)n1)C(F)(F)F. The third-order valence-electron chi connectivity index (χ3n) is 3.99. The second-order valence-corrected chi connectivity index (χ2v) is 6.36. The fourth-order valence-electron chi connectivity index (χ4n) is 2.38. The summed E-state index contributed by atoms with van der Waals surface area (Å²) in [7, 11) is 0. The molecule has 0 saturated carbocycles. The summed E-state index contributed by atoms with van der Waals surface area (Å²) in [5.74, 6) is -3.88. The van der Waals surface area contributed by atoms with Crippen molar-refractivity contribution in [2.24, 2.45) is 0 Å². The average molecular weight is 477 g/mol. The first-order chi connectivity index (χ1) is 14.6. The third kappa shape index (κ3) is 6.53. The van der Waals surface area contributed by atoms with Crippen molar-refractivity contribution < 1.29 is 39.5 Å². The highest BCUT2D eigenvalue weighted by Gasteiger charge is 2.40. The Labute approximate surface area is 174 Å². The van der Waals surface area contributed by atoms with Gasteiger partial charge in [-0.3, -0.25) is 0 Å². The van der Waals surface area contributed by atoms with Gasteiger partial charge in [-0.25, -0.2) is 9.97 Å². The van der Waals surface area contributed by atoms with Crippen LogP contribution in [0.15, 0.2) is 12.3 Å². The zero-order chi connectivity index (χ0) is 24.3. The Morgan fingerprint density at radius 1 is 0.750 bits per heavy atom. The van der Waals surface area contributed by atoms with Crippen molar-refractivity contribution in [2.45, 2.75) is 57.3 Å². The molecule has 2 atom stereocenters. The fraction of sp³-hybridized carbons (Fsp3) is 0.562. The van der Waals surface area contributed by atoms with Crippen molar-refractivity contribution >= 4 is 11.9 Å². The topological polar surface area (TPSA) is 88.5 Å². The summed E-state index contributed by atoms with van der Waals surface area (Å²) < 4.78 is 117. The second-order valence-electron chi connectivity index (χ2n) is 6.36. The maximum atomic E-state index is 13.1. The molecule has 16 heteroatoms. The van der Waals surface area contributed by atoms with Gasteiger partial charge < -0.3 is 10.6 Å². The predicted octanol–water partition coefficient (Wildman–Crippen LogP) is 4.85. The summed E-state index contributed by atoms with van der Waals surface area (Å²) in [5, 5.41) is 3.84. The molecular weight excluding hydrogens is 461 g/mol. The van der Waals surface area contributed by atoms with E-state index >= 15 is 0 Å². The highest BCUT2D eigenvalue weighted by Crippen LogP contribution is 2.29. The highest BCUT2D eigenvalue weighted by molar-refractivity contribution is 5.53. The van der Waals surface area contributed by atoms with Crippen LogP contribution in [0.1, 0.15) is 32.5 Å². The summed E-state index contributed by atoms with van der Waals surface area (Å²) >= 11 is 0. The lowest BCUT2D eigenvalue weighted by molar-refractivity contribution is -0.145. The zero-order valence-electron chi connectivity index (χ0n) is 16.4. The van der Waals surface area contributed by atoms with E-state index in [0.717, 1.165) is 6.07 Å². The lowest BCUT2D eigenvalue weighted by Gasteiger charge is -2.22. The number of halogens is 9. The molecule has 0 amide bonds. The van der Waals surface area contributed by atoms with Gasteiger partial charge in [0.15, 0.2) is 5.82 Å². The van der Waals surface area contributed by atoms with Crippen LogP contribution in [0, 0.1) is 0 Å². The summed E-state index contributed by atoms with van der Waals surface area (Å²) in [6.45, 7) is 2.37. The molecule has 2 heterocycles. The van der Waals surface area contributed by atoms with Crippen LogP contribution in [0.4, 0.5) is 51.4 Å². The number of aromatic nitrogens is 5. The molecule has 0 radical (unpaired) electrons. The molecule has 2 rings (SSSR count). The molecule has 2 unspecified atom stereocenters. The average Bonchev–Trinajstić information content (AvgIpc) is 2.67. The van der Waals surface area contributed by atoms with E-state index in [-0.39, 0.29) is 0 Å². The van der Waals surface area contributed by atoms with Gasteiger partial charge in [0.2, 0.25) is 17.7 Å². The fourth-order valence-corrected chi connectivity index (χ4v) is 2.38. The second kappa shape index (κ2) is 9.28. The molecule has 2 aromatic rings. The van der Waals surface area contributed by atoms with E-state index in [0.29, 0.717) is 6.20 Å². The first-order valence-corrected chi connectivity index (χ1v) is 8.98. The minimum absolute atomic E-state index is 0.487. The van der Waals surface area contributed by atoms with Crippen molar-refractivity contribution in [1.29, 1.82) is 0 Å². The number of nitrogens with zero attached hydrogens (tertiary/aromatic N) is 5. The Hall–Kier alpha value is -2.94. The summed E-state index contributed by atoms with van der Waals surface area (Å²) in [6, 6.07) is -3.43. The quantitative estimate of drug-likeness (QED) is 0.551. The monoisotopic (exact) mass is 477 g/mol. The summed E-state index contributed by atoms with van der Waals surface area (Å²) in [5.41, 5.74) is -0.582. The molecule has 7 nitrogen and oxygen atoms in total. The Morgan fingerprint density at radius 3 is 1.59 bits per heavy atom. The van der Waals surface area contributed by atoms with Crippen molar-refractivity contribution in [3.8, 4) is 11.5 Å². The molecule has 178 valence electrons. The number of hydrogen-bond acceptors (Lipinski definition) is 7. The molecule has 0 aliphatic rings. The molecule has 0 saturated heterocycles. The molecule has 0 aliphatic carbocycles. The van der Waals surface area contributed by atoms with Gasteiger partial charge in [0.25, 0.3) is 0 Å². The van der Waals surface area contributed by atoms with Crippen LogP contribution in [0.2, 0.25) is 0 Å². The lowest BCUT2D eigenvalue weighted by atomic mass is 10.2. The molecule has 2 aromatic heterocycles. The van der Waals surface area contributed by atoms with E-state index in [4.69, 9.17) is 0 Å². The van der Waals surface area contributed by atoms with E-state index in [1.807, 2.05) is 10.6 Å². The zero-order valence-corrected chi connectivity index (χ0v) is 16.4. The van der Waals surface area contributed by atoms with Gasteiger partial charge in [0, 0.05) is 6.20 Å². The first-order valence-electron chi connectivity index (χ1n) is 8.98. The van der Waals surface area contributed by atoms with Crippen LogP contribution in [-0.4, -0.2) is 49.4 Å². The van der Waals surface area contributed by atoms with E-state index in [2.05, 4.69) is 24.9 Å². The molecule has 0 aromatic carbocycles. The molecule has 0 fully saturated rings. The highest BCUT2D eigenvalue weighted by atomic mass is 19.4. The normalized spacial score (nSPS) is 14.7. The van der Waals surface area contributed by atoms with Crippen LogP contribution in [-0.2, 0) is 6.18 Å². The number of rotatable bonds is 7. The predicted molar refractivity (Wildman–Crippen MR) is 93.4 cm³/mol. The van der Waals surface area contributed by atoms with Crippen LogP contribution < -0.4 is 10.6 Å². The number of nitrogens with one attached hydrogen (secondary N) is 2. The number of hydrogen-bond donors (Lipinski definition) is 2.